The van der Waals surface area contributed by atoms with Crippen molar-refractivity contribution in [1.82, 2.24) is 26.6 Å². The summed E-state index contributed by atoms with van der Waals surface area (Å²) in [5, 5.41) is 32.1. The Morgan fingerprint density at radius 3 is 2.04 bits per heavy atom. The van der Waals surface area contributed by atoms with Gasteiger partial charge in [-0.1, -0.05) is 46.2 Å². The summed E-state index contributed by atoms with van der Waals surface area (Å²) in [6.07, 6.45) is 3.16. The van der Waals surface area contributed by atoms with Crippen molar-refractivity contribution < 1.29 is 39.0 Å². The highest BCUT2D eigenvalue weighted by Crippen LogP contribution is 2.14. The van der Waals surface area contributed by atoms with Crippen molar-refractivity contribution in [3.63, 3.8) is 0 Å². The summed E-state index contributed by atoms with van der Waals surface area (Å²) in [6, 6.07) is 0.608. The molecular weight excluding hydrogens is 694 g/mol. The topological polar surface area (TPSA) is 293 Å². The average molecular weight is 752 g/mol. The number of aromatic hydroxyl groups is 1. The second kappa shape index (κ2) is 23.8. The summed E-state index contributed by atoms with van der Waals surface area (Å²) < 4.78 is 0. The number of carbonyl (C=O) groups excluding carboxylic acids is 5. The molecular formula is C34H57N9O8S. The standard InChI is InChI=1S/C34H57N9O8S/c1-6-20(4)28(43-31(48)26(17-21-9-11-22(44)12-10-21)42-29(46)23(35)16-19(2)3)32(49)41-24(8-7-14-38-34(36)37)30(47)39-18-27(45)40-25(33(50)51)13-15-52-5/h9-12,19-20,23-26,28,44H,6-8,13-18,35H2,1-5H3,(H,39,47)(H,40,45)(H,41,49)(H,42,46)(H,43,48)(H,50,51)(H4,36,37,38)/t20-,23-,24-,25-,26-,28-/m0/s1. The third-order valence-corrected chi connectivity index (χ3v) is 8.75. The van der Waals surface area contributed by atoms with E-state index < -0.39 is 78.2 Å². The molecule has 0 aliphatic heterocycles. The Hall–Kier alpha value is -4.58. The van der Waals surface area contributed by atoms with E-state index in [2.05, 4.69) is 31.6 Å². The van der Waals surface area contributed by atoms with Crippen LogP contribution in [-0.4, -0.2) is 107 Å². The van der Waals surface area contributed by atoms with Crippen LogP contribution in [0, 0.1) is 11.8 Å². The zero-order chi connectivity index (χ0) is 39.4. The number of nitrogens with zero attached hydrogens (tertiary/aromatic N) is 1. The van der Waals surface area contributed by atoms with Crippen LogP contribution in [0.15, 0.2) is 29.3 Å². The Bertz CT molecular complexity index is 1360. The number of guanidine groups is 1. The van der Waals surface area contributed by atoms with E-state index >= 15 is 0 Å². The maximum absolute atomic E-state index is 13.8. The van der Waals surface area contributed by atoms with Gasteiger partial charge in [-0.3, -0.25) is 29.0 Å². The molecule has 1 aromatic carbocycles. The van der Waals surface area contributed by atoms with E-state index in [1.54, 1.807) is 25.3 Å². The molecule has 5 amide bonds. The number of carbonyl (C=O) groups is 6. The van der Waals surface area contributed by atoms with Crippen LogP contribution in [0.4, 0.5) is 0 Å². The van der Waals surface area contributed by atoms with Crippen LogP contribution in [0.3, 0.4) is 0 Å². The van der Waals surface area contributed by atoms with E-state index in [0.29, 0.717) is 24.2 Å². The lowest BCUT2D eigenvalue weighted by molar-refractivity contribution is -0.141. The normalized spacial score (nSPS) is 14.4. The predicted molar refractivity (Wildman–Crippen MR) is 200 cm³/mol. The van der Waals surface area contributed by atoms with E-state index in [-0.39, 0.29) is 49.9 Å². The zero-order valence-electron chi connectivity index (χ0n) is 30.6. The monoisotopic (exact) mass is 751 g/mol. The van der Waals surface area contributed by atoms with Gasteiger partial charge >= 0.3 is 5.97 Å². The molecule has 13 N–H and O–H groups in total. The summed E-state index contributed by atoms with van der Waals surface area (Å²) in [6.45, 7) is 6.97. The molecule has 18 heteroatoms. The third kappa shape index (κ3) is 17.6. The van der Waals surface area contributed by atoms with Gasteiger partial charge in [0.25, 0.3) is 0 Å². The highest BCUT2D eigenvalue weighted by Gasteiger charge is 2.33. The third-order valence-electron chi connectivity index (χ3n) is 8.11. The van der Waals surface area contributed by atoms with E-state index in [1.807, 2.05) is 20.8 Å². The van der Waals surface area contributed by atoms with Crippen molar-refractivity contribution in [3.8, 4) is 5.75 Å². The fourth-order valence-electron chi connectivity index (χ4n) is 4.99. The molecule has 6 atom stereocenters. The van der Waals surface area contributed by atoms with Crippen LogP contribution in [0.2, 0.25) is 0 Å². The number of nitrogens with one attached hydrogen (secondary N) is 5. The van der Waals surface area contributed by atoms with Crippen LogP contribution >= 0.6 is 11.8 Å². The first-order chi connectivity index (χ1) is 24.5. The summed E-state index contributed by atoms with van der Waals surface area (Å²) >= 11 is 1.42. The molecule has 52 heavy (non-hydrogen) atoms. The van der Waals surface area contributed by atoms with Crippen molar-refractivity contribution >= 4 is 53.2 Å². The number of thioether (sulfide) groups is 1. The molecule has 0 unspecified atom stereocenters. The first-order valence-electron chi connectivity index (χ1n) is 17.3. The van der Waals surface area contributed by atoms with Gasteiger partial charge < -0.3 is 54.0 Å². The summed E-state index contributed by atoms with van der Waals surface area (Å²) in [5.41, 5.74) is 17.5. The van der Waals surface area contributed by atoms with Crippen LogP contribution in [0.25, 0.3) is 0 Å². The smallest absolute Gasteiger partial charge is 0.326 e. The first-order valence-corrected chi connectivity index (χ1v) is 18.7. The van der Waals surface area contributed by atoms with E-state index in [1.165, 1.54) is 23.9 Å². The fraction of sp³-hybridized carbons (Fsp3) is 0.618. The Kier molecular flexibility index (Phi) is 20.8. The largest absolute Gasteiger partial charge is 0.508 e. The molecule has 0 radical (unpaired) electrons. The molecule has 0 aliphatic rings. The highest BCUT2D eigenvalue weighted by atomic mass is 32.2. The number of phenolic OH excluding ortho intramolecular Hbond substituents is 1. The number of hydrogen-bond acceptors (Lipinski definition) is 10. The van der Waals surface area contributed by atoms with Gasteiger partial charge in [-0.15, -0.1) is 0 Å². The van der Waals surface area contributed by atoms with Crippen molar-refractivity contribution in [1.29, 1.82) is 0 Å². The minimum Gasteiger partial charge on any atom is -0.508 e. The van der Waals surface area contributed by atoms with Gasteiger partial charge in [-0.05, 0) is 67.2 Å². The Balaban J connectivity index is 3.23. The molecule has 1 aromatic rings. The van der Waals surface area contributed by atoms with Gasteiger partial charge in [0.2, 0.25) is 29.5 Å². The molecule has 0 heterocycles. The SMILES string of the molecule is CC[C@H](C)[C@H](NC(=O)[C@H](Cc1ccc(O)cc1)NC(=O)[C@@H](N)CC(C)C)C(=O)N[C@@H](CCCN=C(N)N)C(=O)NCC(=O)N[C@@H](CCSC)C(=O)O. The minimum absolute atomic E-state index is 0.0226. The number of aliphatic imine (C=N–C) groups is 1. The maximum atomic E-state index is 13.8. The number of benzene rings is 1. The number of hydrogen-bond donors (Lipinski definition) is 10. The average Bonchev–Trinajstić information content (AvgIpc) is 3.08. The van der Waals surface area contributed by atoms with Crippen molar-refractivity contribution in [2.24, 2.45) is 34.0 Å². The molecule has 0 spiro atoms. The lowest BCUT2D eigenvalue weighted by Crippen LogP contribution is -2.60. The number of carboxylic acids is 1. The van der Waals surface area contributed by atoms with Crippen LogP contribution in [0.5, 0.6) is 5.75 Å². The lowest BCUT2D eigenvalue weighted by Gasteiger charge is -2.29. The van der Waals surface area contributed by atoms with Crippen LogP contribution < -0.4 is 43.8 Å². The fourth-order valence-corrected chi connectivity index (χ4v) is 5.46. The Morgan fingerprint density at radius 2 is 1.48 bits per heavy atom. The second-order valence-corrected chi connectivity index (χ2v) is 14.0. The zero-order valence-corrected chi connectivity index (χ0v) is 31.5. The van der Waals surface area contributed by atoms with Gasteiger partial charge in [0.1, 0.15) is 29.9 Å². The molecule has 0 fully saturated rings. The van der Waals surface area contributed by atoms with Crippen molar-refractivity contribution in [2.75, 3.05) is 25.1 Å². The number of aliphatic carboxylic acids is 1. The summed E-state index contributed by atoms with van der Waals surface area (Å²) in [5.74, 6) is -4.51. The van der Waals surface area contributed by atoms with E-state index in [9.17, 15) is 39.0 Å². The van der Waals surface area contributed by atoms with E-state index in [4.69, 9.17) is 17.2 Å². The van der Waals surface area contributed by atoms with Gasteiger partial charge in [0.05, 0.1) is 12.6 Å². The van der Waals surface area contributed by atoms with Gasteiger partial charge in [0, 0.05) is 13.0 Å². The molecule has 1 rings (SSSR count). The minimum atomic E-state index is -1.21. The Morgan fingerprint density at radius 1 is 0.846 bits per heavy atom. The summed E-state index contributed by atoms with van der Waals surface area (Å²) in [7, 11) is 0. The Labute approximate surface area is 309 Å². The van der Waals surface area contributed by atoms with Crippen LogP contribution in [-0.2, 0) is 35.2 Å². The quantitative estimate of drug-likeness (QED) is 0.0357. The highest BCUT2D eigenvalue weighted by molar-refractivity contribution is 7.98. The number of carboxylic acid groups (broad SMARTS) is 1. The molecule has 0 saturated carbocycles. The molecule has 0 bridgehead atoms. The second-order valence-electron chi connectivity index (χ2n) is 13.0. The molecule has 17 nitrogen and oxygen atoms in total. The summed E-state index contributed by atoms with van der Waals surface area (Å²) in [4.78, 5) is 81.9. The first kappa shape index (κ1) is 45.4. The lowest BCUT2D eigenvalue weighted by atomic mass is 9.96. The number of nitrogens with two attached hydrogens (primary N) is 3. The van der Waals surface area contributed by atoms with Crippen molar-refractivity contribution in [2.45, 2.75) is 96.4 Å². The van der Waals surface area contributed by atoms with Gasteiger partial charge in [0.15, 0.2) is 5.96 Å². The molecule has 0 saturated heterocycles. The van der Waals surface area contributed by atoms with E-state index in [0.717, 1.165) is 0 Å². The number of phenols is 1. The number of rotatable bonds is 24. The molecule has 0 aliphatic carbocycles. The van der Waals surface area contributed by atoms with Crippen LogP contribution in [0.1, 0.15) is 65.4 Å². The number of amides is 5. The van der Waals surface area contributed by atoms with Crippen molar-refractivity contribution in [3.05, 3.63) is 29.8 Å². The predicted octanol–water partition coefficient (Wildman–Crippen LogP) is -0.699. The van der Waals surface area contributed by atoms with Gasteiger partial charge in [-0.2, -0.15) is 11.8 Å². The molecule has 0 aromatic heterocycles. The maximum Gasteiger partial charge on any atom is 0.326 e. The molecule has 292 valence electrons. The van der Waals surface area contributed by atoms with Gasteiger partial charge in [-0.25, -0.2) is 4.79 Å².